The second-order valence-corrected chi connectivity index (χ2v) is 8.10. The van der Waals surface area contributed by atoms with Crippen LogP contribution in [0.5, 0.6) is 0 Å². The number of nitrogens with zero attached hydrogens (tertiary/aromatic N) is 3. The predicted octanol–water partition coefficient (Wildman–Crippen LogP) is -0.0385. The Morgan fingerprint density at radius 3 is 2.40 bits per heavy atom. The third-order valence-electron chi connectivity index (χ3n) is 4.64. The summed E-state index contributed by atoms with van der Waals surface area (Å²) in [5.41, 5.74) is 0. The molecule has 2 saturated heterocycles. The van der Waals surface area contributed by atoms with Gasteiger partial charge in [-0.15, -0.1) is 0 Å². The van der Waals surface area contributed by atoms with E-state index in [4.69, 9.17) is 5.11 Å². The third kappa shape index (κ3) is 3.51. The highest BCUT2D eigenvalue weighted by Gasteiger charge is 2.35. The van der Waals surface area contributed by atoms with Gasteiger partial charge in [0.05, 0.1) is 0 Å². The predicted molar refractivity (Wildman–Crippen MR) is 78.6 cm³/mol. The lowest BCUT2D eigenvalue weighted by Gasteiger charge is -2.39. The van der Waals surface area contributed by atoms with Crippen LogP contribution in [0.25, 0.3) is 0 Å². The first-order valence-corrected chi connectivity index (χ1v) is 8.87. The summed E-state index contributed by atoms with van der Waals surface area (Å²) in [6, 6.07) is 0.0781. The molecular formula is C13H27N3O3S. The molecule has 0 amide bonds. The van der Waals surface area contributed by atoms with Crippen LogP contribution in [0.3, 0.4) is 0 Å². The van der Waals surface area contributed by atoms with E-state index in [2.05, 4.69) is 4.90 Å². The molecule has 2 aliphatic rings. The molecule has 1 atom stereocenters. The molecule has 7 heteroatoms. The zero-order valence-electron chi connectivity index (χ0n) is 12.5. The molecule has 2 heterocycles. The van der Waals surface area contributed by atoms with Crippen molar-refractivity contribution in [2.75, 3.05) is 46.9 Å². The van der Waals surface area contributed by atoms with E-state index in [-0.39, 0.29) is 18.6 Å². The Morgan fingerprint density at radius 2 is 1.85 bits per heavy atom. The van der Waals surface area contributed by atoms with Crippen molar-refractivity contribution in [1.29, 1.82) is 0 Å². The van der Waals surface area contributed by atoms with Crippen LogP contribution in [0.15, 0.2) is 0 Å². The van der Waals surface area contributed by atoms with Gasteiger partial charge in [0.2, 0.25) is 0 Å². The summed E-state index contributed by atoms with van der Waals surface area (Å²) in [6.07, 6.45) is 3.50. The number of aliphatic hydroxyl groups excluding tert-OH is 1. The molecule has 0 saturated carbocycles. The van der Waals surface area contributed by atoms with E-state index < -0.39 is 10.2 Å². The molecule has 1 unspecified atom stereocenters. The first-order chi connectivity index (χ1) is 9.45. The number of rotatable bonds is 4. The molecule has 20 heavy (non-hydrogen) atoms. The lowest BCUT2D eigenvalue weighted by molar-refractivity contribution is 0.155. The van der Waals surface area contributed by atoms with Crippen LogP contribution >= 0.6 is 0 Å². The van der Waals surface area contributed by atoms with Crippen molar-refractivity contribution >= 4 is 10.2 Å². The summed E-state index contributed by atoms with van der Waals surface area (Å²) in [6.45, 7) is 3.08. The van der Waals surface area contributed by atoms with E-state index in [0.717, 1.165) is 38.8 Å². The molecule has 0 aliphatic carbocycles. The quantitative estimate of drug-likeness (QED) is 0.792. The summed E-state index contributed by atoms with van der Waals surface area (Å²) >= 11 is 0. The van der Waals surface area contributed by atoms with Gasteiger partial charge in [0.25, 0.3) is 10.2 Å². The zero-order chi connectivity index (χ0) is 14.8. The first-order valence-electron chi connectivity index (χ1n) is 7.47. The Balaban J connectivity index is 1.98. The average molecular weight is 305 g/mol. The van der Waals surface area contributed by atoms with Gasteiger partial charge in [-0.05, 0) is 45.2 Å². The van der Waals surface area contributed by atoms with Crippen molar-refractivity contribution < 1.29 is 13.5 Å². The van der Waals surface area contributed by atoms with Gasteiger partial charge in [-0.1, -0.05) is 0 Å². The van der Waals surface area contributed by atoms with Crippen LogP contribution < -0.4 is 0 Å². The highest BCUT2D eigenvalue weighted by molar-refractivity contribution is 7.86. The average Bonchev–Trinajstić information content (AvgIpc) is 2.46. The fraction of sp³-hybridized carbons (Fsp3) is 1.00. The molecule has 0 bridgehead atoms. The maximum Gasteiger partial charge on any atom is 0.282 e. The summed E-state index contributed by atoms with van der Waals surface area (Å²) in [4.78, 5) is 2.19. The summed E-state index contributed by atoms with van der Waals surface area (Å²) in [7, 11) is 0.388. The van der Waals surface area contributed by atoms with Crippen LogP contribution in [0, 0.1) is 5.92 Å². The minimum Gasteiger partial charge on any atom is -0.396 e. The van der Waals surface area contributed by atoms with Crippen molar-refractivity contribution in [3.8, 4) is 0 Å². The smallest absolute Gasteiger partial charge is 0.282 e. The first kappa shape index (κ1) is 16.2. The maximum absolute atomic E-state index is 12.7. The highest BCUT2D eigenvalue weighted by atomic mass is 32.2. The summed E-state index contributed by atoms with van der Waals surface area (Å²) in [5, 5.41) is 9.14. The van der Waals surface area contributed by atoms with E-state index in [9.17, 15) is 8.42 Å². The zero-order valence-corrected chi connectivity index (χ0v) is 13.3. The second-order valence-electron chi connectivity index (χ2n) is 6.11. The summed E-state index contributed by atoms with van der Waals surface area (Å²) in [5.74, 6) is 0.257. The van der Waals surface area contributed by atoms with Gasteiger partial charge in [-0.2, -0.15) is 17.0 Å². The van der Waals surface area contributed by atoms with Crippen molar-refractivity contribution in [3.63, 3.8) is 0 Å². The van der Waals surface area contributed by atoms with Crippen LogP contribution in [0.2, 0.25) is 0 Å². The number of likely N-dealkylation sites (tertiary alicyclic amines) is 1. The fourth-order valence-electron chi connectivity index (χ4n) is 3.13. The Labute approximate surface area is 122 Å². The number of piperidine rings is 2. The minimum absolute atomic E-state index is 0.0781. The Kier molecular flexibility index (Phi) is 5.42. The molecule has 1 N–H and O–H groups in total. The largest absolute Gasteiger partial charge is 0.396 e. The number of hydrogen-bond acceptors (Lipinski definition) is 4. The lowest BCUT2D eigenvalue weighted by Crippen LogP contribution is -2.53. The van der Waals surface area contributed by atoms with E-state index in [1.807, 2.05) is 7.05 Å². The standard InChI is InChI=1S/C13H27N3O3S/c1-14-7-3-4-13(10-14)15(2)20(18,19)16-8-5-12(11-17)6-9-16/h12-13,17H,3-11H2,1-2H3. The molecule has 0 aromatic carbocycles. The molecule has 0 radical (unpaired) electrons. The van der Waals surface area contributed by atoms with Crippen molar-refractivity contribution in [2.45, 2.75) is 31.7 Å². The monoisotopic (exact) mass is 305 g/mol. The van der Waals surface area contributed by atoms with E-state index in [1.54, 1.807) is 15.7 Å². The normalized spacial score (nSPS) is 28.1. The third-order valence-corrected chi connectivity index (χ3v) is 6.68. The van der Waals surface area contributed by atoms with Gasteiger partial charge >= 0.3 is 0 Å². The molecular weight excluding hydrogens is 278 g/mol. The topological polar surface area (TPSA) is 64.1 Å². The molecule has 0 aromatic heterocycles. The van der Waals surface area contributed by atoms with Gasteiger partial charge in [0.15, 0.2) is 0 Å². The van der Waals surface area contributed by atoms with Gasteiger partial charge in [-0.25, -0.2) is 0 Å². The molecule has 2 aliphatic heterocycles. The van der Waals surface area contributed by atoms with Crippen LogP contribution in [-0.4, -0.2) is 80.0 Å². The van der Waals surface area contributed by atoms with Gasteiger partial charge in [-0.3, -0.25) is 0 Å². The summed E-state index contributed by atoms with van der Waals surface area (Å²) < 4.78 is 28.4. The molecule has 0 spiro atoms. The molecule has 6 nitrogen and oxygen atoms in total. The van der Waals surface area contributed by atoms with Gasteiger partial charge in [0.1, 0.15) is 0 Å². The second kappa shape index (κ2) is 6.70. The van der Waals surface area contributed by atoms with Gasteiger partial charge < -0.3 is 10.0 Å². The maximum atomic E-state index is 12.7. The van der Waals surface area contributed by atoms with Gasteiger partial charge in [0, 0.05) is 39.3 Å². The van der Waals surface area contributed by atoms with E-state index >= 15 is 0 Å². The van der Waals surface area contributed by atoms with E-state index in [0.29, 0.717) is 13.1 Å². The SMILES string of the molecule is CN1CCCC(N(C)S(=O)(=O)N2CCC(CO)CC2)C1. The van der Waals surface area contributed by atoms with Crippen LogP contribution in [0.4, 0.5) is 0 Å². The molecule has 2 fully saturated rings. The Bertz CT molecular complexity index is 407. The number of hydrogen-bond donors (Lipinski definition) is 1. The lowest BCUT2D eigenvalue weighted by atomic mass is 10.00. The molecule has 0 aromatic rings. The molecule has 118 valence electrons. The van der Waals surface area contributed by atoms with Crippen LogP contribution in [0.1, 0.15) is 25.7 Å². The minimum atomic E-state index is -3.36. The highest BCUT2D eigenvalue weighted by Crippen LogP contribution is 2.23. The number of aliphatic hydroxyl groups is 1. The van der Waals surface area contributed by atoms with Crippen molar-refractivity contribution in [1.82, 2.24) is 13.5 Å². The molecule has 2 rings (SSSR count). The van der Waals surface area contributed by atoms with Crippen molar-refractivity contribution in [2.24, 2.45) is 5.92 Å². The fourth-order valence-corrected chi connectivity index (χ4v) is 4.71. The number of likely N-dealkylation sites (N-methyl/N-ethyl adjacent to an activating group) is 2. The Hall–Kier alpha value is -0.210. The van der Waals surface area contributed by atoms with Crippen LogP contribution in [-0.2, 0) is 10.2 Å². The Morgan fingerprint density at radius 1 is 1.20 bits per heavy atom. The van der Waals surface area contributed by atoms with E-state index in [1.165, 1.54) is 0 Å². The van der Waals surface area contributed by atoms with Crippen molar-refractivity contribution in [3.05, 3.63) is 0 Å².